The number of para-hydroxylation sites is 2. The Morgan fingerprint density at radius 3 is 1.79 bits per heavy atom. The van der Waals surface area contributed by atoms with E-state index in [0.717, 1.165) is 39.9 Å². The van der Waals surface area contributed by atoms with Gasteiger partial charge >= 0.3 is 0 Å². The van der Waals surface area contributed by atoms with Gasteiger partial charge < -0.3 is 4.42 Å². The first-order valence-electron chi connectivity index (χ1n) is 9.62. The minimum atomic E-state index is 0.0332. The molecule has 0 unspecified atom stereocenters. The second kappa shape index (κ2) is 7.97. The lowest BCUT2D eigenvalue weighted by Gasteiger charge is -2.21. The summed E-state index contributed by atoms with van der Waals surface area (Å²) in [5, 5.41) is 0. The Morgan fingerprint density at radius 1 is 0.714 bits per heavy atom. The number of aliphatic imine (C=N–C) groups is 2. The van der Waals surface area contributed by atoms with Gasteiger partial charge in [-0.1, -0.05) is 57.2 Å². The Morgan fingerprint density at radius 2 is 1.21 bits per heavy atom. The Labute approximate surface area is 167 Å². The smallest absolute Gasteiger partial charge is 0.148 e. The van der Waals surface area contributed by atoms with Gasteiger partial charge in [0.1, 0.15) is 11.5 Å². The third kappa shape index (κ3) is 4.48. The standard InChI is InChI=1S/C25H28N2O/c1-17-11-7-9-13-21(17)26-18(2)23-15-16-24(28-23)19(3)27-22-14-10-8-12-20(22)25(4,5)6/h7-16H,1-6H3. The lowest BCUT2D eigenvalue weighted by molar-refractivity contribution is 0.547. The summed E-state index contributed by atoms with van der Waals surface area (Å²) in [5.41, 5.74) is 6.04. The second-order valence-corrected chi connectivity index (χ2v) is 8.11. The van der Waals surface area contributed by atoms with Crippen LogP contribution in [0.15, 0.2) is 75.1 Å². The van der Waals surface area contributed by atoms with Crippen molar-refractivity contribution in [1.29, 1.82) is 0 Å². The van der Waals surface area contributed by atoms with Crippen LogP contribution in [-0.4, -0.2) is 11.4 Å². The molecule has 3 nitrogen and oxygen atoms in total. The van der Waals surface area contributed by atoms with Crippen LogP contribution in [0.4, 0.5) is 11.4 Å². The van der Waals surface area contributed by atoms with Crippen molar-refractivity contribution >= 4 is 22.8 Å². The lowest BCUT2D eigenvalue weighted by atomic mass is 9.86. The molecule has 0 amide bonds. The Kier molecular flexibility index (Phi) is 5.64. The minimum absolute atomic E-state index is 0.0332. The molecule has 0 N–H and O–H groups in total. The van der Waals surface area contributed by atoms with Crippen LogP contribution in [0.2, 0.25) is 0 Å². The van der Waals surface area contributed by atoms with Crippen molar-refractivity contribution in [3.8, 4) is 0 Å². The van der Waals surface area contributed by atoms with Gasteiger partial charge in [0.05, 0.1) is 22.8 Å². The van der Waals surface area contributed by atoms with Gasteiger partial charge in [-0.15, -0.1) is 0 Å². The van der Waals surface area contributed by atoms with E-state index in [4.69, 9.17) is 14.4 Å². The predicted octanol–water partition coefficient (Wildman–Crippen LogP) is 7.17. The molecule has 0 saturated heterocycles. The van der Waals surface area contributed by atoms with Crippen molar-refractivity contribution in [2.24, 2.45) is 9.98 Å². The zero-order valence-corrected chi connectivity index (χ0v) is 17.6. The molecule has 0 aliphatic heterocycles. The summed E-state index contributed by atoms with van der Waals surface area (Å²) < 4.78 is 6.06. The van der Waals surface area contributed by atoms with Gasteiger partial charge in [0.25, 0.3) is 0 Å². The average molecular weight is 373 g/mol. The largest absolute Gasteiger partial charge is 0.454 e. The number of furan rings is 1. The van der Waals surface area contributed by atoms with Crippen LogP contribution in [0.3, 0.4) is 0 Å². The van der Waals surface area contributed by atoms with E-state index in [-0.39, 0.29) is 5.41 Å². The van der Waals surface area contributed by atoms with E-state index in [1.807, 2.05) is 50.2 Å². The molecule has 0 atom stereocenters. The summed E-state index contributed by atoms with van der Waals surface area (Å²) in [6.07, 6.45) is 0. The molecule has 1 aromatic heterocycles. The van der Waals surface area contributed by atoms with Crippen LogP contribution in [0.5, 0.6) is 0 Å². The number of hydrogen-bond donors (Lipinski definition) is 0. The van der Waals surface area contributed by atoms with Crippen LogP contribution in [0.1, 0.15) is 57.3 Å². The van der Waals surface area contributed by atoms with E-state index in [9.17, 15) is 0 Å². The number of benzene rings is 2. The SMILES string of the molecule is CC(=Nc1ccccc1C)c1ccc(C(C)=Nc2ccccc2C(C)(C)C)o1. The van der Waals surface area contributed by atoms with Crippen LogP contribution >= 0.6 is 0 Å². The van der Waals surface area contributed by atoms with Crippen LogP contribution in [0.25, 0.3) is 0 Å². The first-order valence-corrected chi connectivity index (χ1v) is 9.62. The average Bonchev–Trinajstić information content (AvgIpc) is 3.14. The Balaban J connectivity index is 1.90. The van der Waals surface area contributed by atoms with Gasteiger partial charge in [-0.3, -0.25) is 0 Å². The minimum Gasteiger partial charge on any atom is -0.454 e. The molecule has 0 bridgehead atoms. The van der Waals surface area contributed by atoms with E-state index in [0.29, 0.717) is 0 Å². The molecule has 28 heavy (non-hydrogen) atoms. The molecule has 3 heteroatoms. The first kappa shape index (κ1) is 19.8. The van der Waals surface area contributed by atoms with Crippen molar-refractivity contribution < 1.29 is 4.42 Å². The summed E-state index contributed by atoms with van der Waals surface area (Å²) >= 11 is 0. The lowest BCUT2D eigenvalue weighted by Crippen LogP contribution is -2.11. The zero-order chi connectivity index (χ0) is 20.3. The van der Waals surface area contributed by atoms with Crippen LogP contribution in [-0.2, 0) is 5.41 Å². The fraction of sp³-hybridized carbons (Fsp3) is 0.280. The molecule has 0 aliphatic rings. The fourth-order valence-electron chi connectivity index (χ4n) is 3.09. The molecule has 3 rings (SSSR count). The summed E-state index contributed by atoms with van der Waals surface area (Å²) in [4.78, 5) is 9.56. The molecule has 2 aromatic carbocycles. The third-order valence-corrected chi connectivity index (χ3v) is 4.72. The molecule has 0 saturated carbocycles. The predicted molar refractivity (Wildman–Crippen MR) is 119 cm³/mol. The van der Waals surface area contributed by atoms with Gasteiger partial charge in [-0.2, -0.15) is 0 Å². The van der Waals surface area contributed by atoms with Gasteiger partial charge in [0.2, 0.25) is 0 Å². The maximum atomic E-state index is 6.06. The molecule has 0 radical (unpaired) electrons. The molecule has 0 aliphatic carbocycles. The maximum absolute atomic E-state index is 6.06. The molecule has 144 valence electrons. The van der Waals surface area contributed by atoms with Gasteiger partial charge in [-0.25, -0.2) is 9.98 Å². The van der Waals surface area contributed by atoms with E-state index < -0.39 is 0 Å². The zero-order valence-electron chi connectivity index (χ0n) is 17.6. The molecular formula is C25H28N2O. The normalized spacial score (nSPS) is 13.1. The Hall–Kier alpha value is -2.94. The van der Waals surface area contributed by atoms with Gasteiger partial charge in [0.15, 0.2) is 0 Å². The molecule has 3 aromatic rings. The van der Waals surface area contributed by atoms with Crippen LogP contribution < -0.4 is 0 Å². The van der Waals surface area contributed by atoms with Crippen molar-refractivity contribution in [2.75, 3.05) is 0 Å². The van der Waals surface area contributed by atoms with E-state index >= 15 is 0 Å². The van der Waals surface area contributed by atoms with Crippen molar-refractivity contribution in [3.05, 3.63) is 83.3 Å². The van der Waals surface area contributed by atoms with Gasteiger partial charge in [0, 0.05) is 0 Å². The summed E-state index contributed by atoms with van der Waals surface area (Å²) in [5.74, 6) is 1.52. The van der Waals surface area contributed by atoms with Crippen LogP contribution in [0, 0.1) is 6.92 Å². The highest BCUT2D eigenvalue weighted by atomic mass is 16.3. The molecule has 0 fully saturated rings. The fourth-order valence-corrected chi connectivity index (χ4v) is 3.09. The number of hydrogen-bond acceptors (Lipinski definition) is 3. The van der Waals surface area contributed by atoms with E-state index in [1.165, 1.54) is 5.56 Å². The topological polar surface area (TPSA) is 37.9 Å². The van der Waals surface area contributed by atoms with Crippen molar-refractivity contribution in [1.82, 2.24) is 0 Å². The third-order valence-electron chi connectivity index (χ3n) is 4.72. The number of aryl methyl sites for hydroxylation is 1. The van der Waals surface area contributed by atoms with E-state index in [1.54, 1.807) is 0 Å². The summed E-state index contributed by atoms with van der Waals surface area (Å²) in [6.45, 7) is 12.6. The summed E-state index contributed by atoms with van der Waals surface area (Å²) in [7, 11) is 0. The highest BCUT2D eigenvalue weighted by Gasteiger charge is 2.17. The highest BCUT2D eigenvalue weighted by Crippen LogP contribution is 2.31. The summed E-state index contributed by atoms with van der Waals surface area (Å²) in [6, 6.07) is 20.3. The second-order valence-electron chi connectivity index (χ2n) is 8.11. The number of nitrogens with zero attached hydrogens (tertiary/aromatic N) is 2. The maximum Gasteiger partial charge on any atom is 0.148 e. The highest BCUT2D eigenvalue weighted by molar-refractivity contribution is 6.01. The van der Waals surface area contributed by atoms with E-state index in [2.05, 4.69) is 52.0 Å². The number of rotatable bonds is 4. The molecular weight excluding hydrogens is 344 g/mol. The molecule has 0 spiro atoms. The quantitative estimate of drug-likeness (QED) is 0.447. The van der Waals surface area contributed by atoms with Crippen molar-refractivity contribution in [2.45, 2.75) is 47.0 Å². The van der Waals surface area contributed by atoms with Gasteiger partial charge in [-0.05, 0) is 61.6 Å². The van der Waals surface area contributed by atoms with Crippen molar-refractivity contribution in [3.63, 3.8) is 0 Å². The molecule has 1 heterocycles. The Bertz CT molecular complexity index is 1030. The monoisotopic (exact) mass is 372 g/mol. The first-order chi connectivity index (χ1) is 13.3.